The molecule has 6 heterocycles. The Balaban J connectivity index is 0.00000181. The standard InChI is InChI=1S/C20H12N8.Co/c1-2-12-8-14-4-6-16(23-14)10-18-20-19(25-27-28-26-20)17(24-18)9-15-5-3-13(22-15)7-11(1)21-12;/h1-10,22-23H;. The van der Waals surface area contributed by atoms with Gasteiger partial charge in [-0.2, -0.15) is 0 Å². The van der Waals surface area contributed by atoms with E-state index < -0.39 is 0 Å². The third-order valence-corrected chi connectivity index (χ3v) is 4.62. The Morgan fingerprint density at radius 2 is 1.00 bits per heavy atom. The molecule has 4 aromatic rings. The van der Waals surface area contributed by atoms with Gasteiger partial charge in [0.05, 0.1) is 22.8 Å². The SMILES string of the molecule is C1=Cc2cc3ccc(cc4nc(cc5ccc(cc1n2)[nH]5)-c1nnnnc1-4)[nH]3.[Co]. The van der Waals surface area contributed by atoms with Crippen LogP contribution in [0.25, 0.3) is 57.0 Å². The van der Waals surface area contributed by atoms with Crippen molar-refractivity contribution in [1.82, 2.24) is 40.6 Å². The summed E-state index contributed by atoms with van der Waals surface area (Å²) in [4.78, 5) is 16.1. The van der Waals surface area contributed by atoms with Crippen molar-refractivity contribution in [2.75, 3.05) is 0 Å². The third kappa shape index (κ3) is 3.12. The van der Waals surface area contributed by atoms with Crippen LogP contribution in [0, 0.1) is 0 Å². The number of nitrogens with one attached hydrogen (secondary N) is 2. The van der Waals surface area contributed by atoms with E-state index in [1.807, 2.05) is 60.7 Å². The van der Waals surface area contributed by atoms with E-state index in [0.29, 0.717) is 22.8 Å². The molecule has 2 N–H and O–H groups in total. The second-order valence-electron chi connectivity index (χ2n) is 6.57. The molecule has 6 rings (SSSR count). The molecule has 141 valence electrons. The van der Waals surface area contributed by atoms with Gasteiger partial charge in [0.25, 0.3) is 0 Å². The van der Waals surface area contributed by atoms with Gasteiger partial charge in [-0.05, 0) is 71.1 Å². The molecule has 8 nitrogen and oxygen atoms in total. The maximum atomic E-state index is 4.71. The molecule has 9 heteroatoms. The Kier molecular flexibility index (Phi) is 4.04. The Morgan fingerprint density at radius 3 is 1.48 bits per heavy atom. The van der Waals surface area contributed by atoms with E-state index in [0.717, 1.165) is 33.5 Å². The Bertz CT molecular complexity index is 1330. The molecule has 1 radical (unpaired) electrons. The zero-order chi connectivity index (χ0) is 18.5. The topological polar surface area (TPSA) is 109 Å². The first-order valence-corrected chi connectivity index (χ1v) is 8.73. The van der Waals surface area contributed by atoms with E-state index in [4.69, 9.17) is 4.98 Å². The number of nitrogens with zero attached hydrogens (tertiary/aromatic N) is 6. The molecular formula is C20H12CoN8. The summed E-state index contributed by atoms with van der Waals surface area (Å²) in [7, 11) is 0. The van der Waals surface area contributed by atoms with Gasteiger partial charge in [0.1, 0.15) is 11.4 Å². The van der Waals surface area contributed by atoms with Crippen LogP contribution in [-0.4, -0.2) is 40.6 Å². The average molecular weight is 423 g/mol. The Labute approximate surface area is 174 Å². The number of H-pyrrole nitrogens is 2. The molecule has 2 aliphatic heterocycles. The van der Waals surface area contributed by atoms with Crippen LogP contribution in [0.15, 0.2) is 48.5 Å². The van der Waals surface area contributed by atoms with E-state index >= 15 is 0 Å². The molecular weight excluding hydrogens is 411 g/mol. The number of hydrogen-bond donors (Lipinski definition) is 2. The van der Waals surface area contributed by atoms with Crippen LogP contribution in [0.1, 0.15) is 11.4 Å². The largest absolute Gasteiger partial charge is 0.355 e. The monoisotopic (exact) mass is 423 g/mol. The maximum Gasteiger partial charge on any atom is 0.143 e. The van der Waals surface area contributed by atoms with Crippen molar-refractivity contribution in [2.45, 2.75) is 0 Å². The first kappa shape index (κ1) is 17.4. The van der Waals surface area contributed by atoms with E-state index in [9.17, 15) is 0 Å². The number of hydrogen-bond acceptors (Lipinski definition) is 6. The molecule has 29 heavy (non-hydrogen) atoms. The van der Waals surface area contributed by atoms with E-state index in [1.165, 1.54) is 0 Å². The maximum absolute atomic E-state index is 4.71. The fourth-order valence-electron chi connectivity index (χ4n) is 3.37. The molecule has 2 aliphatic rings. The number of fused-ring (bicyclic) bond motifs is 11. The molecule has 0 aliphatic carbocycles. The van der Waals surface area contributed by atoms with E-state index in [1.54, 1.807) is 0 Å². The molecule has 0 fully saturated rings. The van der Waals surface area contributed by atoms with Crippen molar-refractivity contribution in [2.24, 2.45) is 0 Å². The first-order chi connectivity index (χ1) is 13.8. The van der Waals surface area contributed by atoms with Crippen LogP contribution in [0.3, 0.4) is 0 Å². The normalized spacial score (nSPS) is 11.7. The fourth-order valence-corrected chi connectivity index (χ4v) is 3.37. The van der Waals surface area contributed by atoms with Crippen molar-refractivity contribution in [3.63, 3.8) is 0 Å². The summed E-state index contributed by atoms with van der Waals surface area (Å²) < 4.78 is 0. The summed E-state index contributed by atoms with van der Waals surface area (Å²) in [6, 6.07) is 15.8. The van der Waals surface area contributed by atoms with Gasteiger partial charge in [-0.15, -0.1) is 10.2 Å². The summed E-state index contributed by atoms with van der Waals surface area (Å²) in [5.41, 5.74) is 8.13. The van der Waals surface area contributed by atoms with Crippen LogP contribution < -0.4 is 0 Å². The number of aromatic amines is 2. The van der Waals surface area contributed by atoms with Gasteiger partial charge in [0, 0.05) is 38.8 Å². The Hall–Kier alpha value is -3.69. The molecule has 8 bridgehead atoms. The molecule has 0 unspecified atom stereocenters. The van der Waals surface area contributed by atoms with Gasteiger partial charge in [0.2, 0.25) is 0 Å². The van der Waals surface area contributed by atoms with E-state index in [-0.39, 0.29) is 16.8 Å². The minimum absolute atomic E-state index is 0. The van der Waals surface area contributed by atoms with Crippen molar-refractivity contribution in [3.05, 3.63) is 59.9 Å². The second-order valence-corrected chi connectivity index (χ2v) is 6.57. The van der Waals surface area contributed by atoms with Crippen molar-refractivity contribution >= 4 is 34.2 Å². The zero-order valence-corrected chi connectivity index (χ0v) is 15.8. The Morgan fingerprint density at radius 1 is 0.552 bits per heavy atom. The average Bonchev–Trinajstić information content (AvgIpc) is 3.47. The van der Waals surface area contributed by atoms with Crippen molar-refractivity contribution in [1.29, 1.82) is 0 Å². The van der Waals surface area contributed by atoms with Crippen LogP contribution in [-0.2, 0) is 16.8 Å². The quantitative estimate of drug-likeness (QED) is 0.388. The summed E-state index contributed by atoms with van der Waals surface area (Å²) in [5, 5.41) is 15.6. The minimum atomic E-state index is 0. The smallest absolute Gasteiger partial charge is 0.143 e. The molecule has 0 saturated heterocycles. The molecule has 0 atom stereocenters. The fraction of sp³-hybridized carbons (Fsp3) is 0. The van der Waals surface area contributed by atoms with Crippen molar-refractivity contribution in [3.8, 4) is 22.8 Å². The summed E-state index contributed by atoms with van der Waals surface area (Å²) >= 11 is 0. The van der Waals surface area contributed by atoms with Gasteiger partial charge >= 0.3 is 0 Å². The molecule has 0 amide bonds. The summed E-state index contributed by atoms with van der Waals surface area (Å²) in [6.45, 7) is 0. The van der Waals surface area contributed by atoms with Gasteiger partial charge < -0.3 is 9.97 Å². The van der Waals surface area contributed by atoms with E-state index in [2.05, 4.69) is 35.6 Å². The third-order valence-electron chi connectivity index (χ3n) is 4.62. The minimum Gasteiger partial charge on any atom is -0.355 e. The summed E-state index contributed by atoms with van der Waals surface area (Å²) in [6.07, 6.45) is 3.99. The number of aromatic nitrogens is 8. The van der Waals surface area contributed by atoms with Crippen LogP contribution in [0.5, 0.6) is 0 Å². The van der Waals surface area contributed by atoms with Gasteiger partial charge in [-0.3, -0.25) is 0 Å². The van der Waals surface area contributed by atoms with Crippen molar-refractivity contribution < 1.29 is 16.8 Å². The second kappa shape index (κ2) is 6.73. The van der Waals surface area contributed by atoms with Gasteiger partial charge in [-0.1, -0.05) is 0 Å². The molecule has 0 saturated carbocycles. The zero-order valence-electron chi connectivity index (χ0n) is 14.8. The first-order valence-electron chi connectivity index (χ1n) is 8.73. The molecule has 4 aromatic heterocycles. The van der Waals surface area contributed by atoms with Gasteiger partial charge in [0.15, 0.2) is 0 Å². The van der Waals surface area contributed by atoms with Crippen LogP contribution in [0.4, 0.5) is 0 Å². The molecule has 0 spiro atoms. The van der Waals surface area contributed by atoms with Crippen LogP contribution >= 0.6 is 0 Å². The molecule has 0 aromatic carbocycles. The number of rotatable bonds is 0. The van der Waals surface area contributed by atoms with Crippen LogP contribution in [0.2, 0.25) is 0 Å². The van der Waals surface area contributed by atoms with Gasteiger partial charge in [-0.25, -0.2) is 9.97 Å². The summed E-state index contributed by atoms with van der Waals surface area (Å²) in [5.74, 6) is 0. The predicted molar refractivity (Wildman–Crippen MR) is 106 cm³/mol. The predicted octanol–water partition coefficient (Wildman–Crippen LogP) is 3.40.